The number of carbonyl (C=O) groups excluding carboxylic acids is 3. The van der Waals surface area contributed by atoms with Gasteiger partial charge < -0.3 is 34.2 Å². The lowest BCUT2D eigenvalue weighted by molar-refractivity contribution is -0.161. The molecule has 4 rings (SSSR count). The second-order valence-corrected chi connectivity index (χ2v) is 11.9. The van der Waals surface area contributed by atoms with Gasteiger partial charge in [-0.3, -0.25) is 9.59 Å². The Morgan fingerprint density at radius 1 is 1.18 bits per heavy atom. The SMILES string of the molecule is CCN(CC)CCN(C)/C=C1\C(=O)OC(COC)C2(C)C1=C(O)C(=O)C1=C2C(OC(C)=O)CC2(C)C(O)CCC12. The molecule has 10 nitrogen and oxygen atoms in total. The topological polar surface area (TPSA) is 126 Å². The van der Waals surface area contributed by atoms with Gasteiger partial charge in [-0.2, -0.15) is 0 Å². The molecule has 0 radical (unpaired) electrons. The van der Waals surface area contributed by atoms with Crippen LogP contribution in [0.1, 0.15) is 53.9 Å². The van der Waals surface area contributed by atoms with E-state index in [2.05, 4.69) is 18.7 Å². The lowest BCUT2D eigenvalue weighted by Gasteiger charge is -2.54. The van der Waals surface area contributed by atoms with E-state index >= 15 is 0 Å². The first-order valence-corrected chi connectivity index (χ1v) is 14.3. The van der Waals surface area contributed by atoms with E-state index in [4.69, 9.17) is 14.2 Å². The van der Waals surface area contributed by atoms with Crippen LogP contribution in [0, 0.1) is 16.7 Å². The van der Waals surface area contributed by atoms with Crippen LogP contribution in [-0.4, -0.2) is 103 Å². The molecule has 1 saturated heterocycles. The monoisotopic (exact) mass is 560 g/mol. The third-order valence-corrected chi connectivity index (χ3v) is 9.67. The van der Waals surface area contributed by atoms with E-state index in [0.29, 0.717) is 37.0 Å². The molecule has 6 atom stereocenters. The number of carbonyl (C=O) groups is 3. The number of rotatable bonds is 9. The average Bonchev–Trinajstić information content (AvgIpc) is 3.18. The minimum absolute atomic E-state index is 0.00637. The van der Waals surface area contributed by atoms with Gasteiger partial charge in [0.1, 0.15) is 12.2 Å². The molecular formula is C30H44N2O8. The Balaban J connectivity index is 1.90. The van der Waals surface area contributed by atoms with Crippen molar-refractivity contribution in [1.29, 1.82) is 0 Å². The molecule has 40 heavy (non-hydrogen) atoms. The van der Waals surface area contributed by atoms with Crippen molar-refractivity contribution < 1.29 is 38.8 Å². The van der Waals surface area contributed by atoms with Crippen molar-refractivity contribution in [1.82, 2.24) is 9.80 Å². The molecule has 3 aliphatic carbocycles. The molecule has 1 heterocycles. The van der Waals surface area contributed by atoms with Gasteiger partial charge in [-0.25, -0.2) is 4.79 Å². The van der Waals surface area contributed by atoms with Crippen LogP contribution in [0.25, 0.3) is 0 Å². The number of ether oxygens (including phenoxy) is 3. The van der Waals surface area contributed by atoms with Crippen LogP contribution in [0.4, 0.5) is 0 Å². The minimum Gasteiger partial charge on any atom is -0.504 e. The van der Waals surface area contributed by atoms with Gasteiger partial charge in [0.2, 0.25) is 5.78 Å². The van der Waals surface area contributed by atoms with Crippen molar-refractivity contribution in [2.24, 2.45) is 16.7 Å². The van der Waals surface area contributed by atoms with Crippen LogP contribution in [0.2, 0.25) is 0 Å². The van der Waals surface area contributed by atoms with Crippen LogP contribution >= 0.6 is 0 Å². The summed E-state index contributed by atoms with van der Waals surface area (Å²) < 4.78 is 17.3. The Kier molecular flexibility index (Phi) is 8.55. The number of hydrogen-bond donors (Lipinski definition) is 2. The summed E-state index contributed by atoms with van der Waals surface area (Å²) >= 11 is 0. The van der Waals surface area contributed by atoms with E-state index in [9.17, 15) is 24.6 Å². The first-order valence-electron chi connectivity index (χ1n) is 14.3. The molecule has 6 unspecified atom stereocenters. The fraction of sp³-hybridized carbons (Fsp3) is 0.700. The zero-order valence-electron chi connectivity index (χ0n) is 24.8. The summed E-state index contributed by atoms with van der Waals surface area (Å²) in [6.07, 6.45) is 0.564. The highest BCUT2D eigenvalue weighted by Gasteiger charge is 2.64. The van der Waals surface area contributed by atoms with E-state index in [0.717, 1.165) is 19.6 Å². The molecule has 0 aromatic rings. The minimum atomic E-state index is -1.21. The maximum atomic E-state index is 14.1. The van der Waals surface area contributed by atoms with Crippen molar-refractivity contribution in [2.75, 3.05) is 46.9 Å². The van der Waals surface area contributed by atoms with Crippen molar-refractivity contribution in [2.45, 2.75) is 72.2 Å². The second kappa shape index (κ2) is 11.3. The van der Waals surface area contributed by atoms with Crippen LogP contribution < -0.4 is 0 Å². The molecular weight excluding hydrogens is 516 g/mol. The number of Topliss-reactive ketones (excluding diaryl/α,β-unsaturated/α-hetero) is 1. The summed E-state index contributed by atoms with van der Waals surface area (Å²) in [4.78, 5) is 43.9. The Bertz CT molecular complexity index is 1150. The van der Waals surface area contributed by atoms with Crippen LogP contribution in [0.3, 0.4) is 0 Å². The van der Waals surface area contributed by atoms with Gasteiger partial charge in [-0.1, -0.05) is 20.8 Å². The zero-order chi connectivity index (χ0) is 29.6. The Labute approximate surface area is 236 Å². The van der Waals surface area contributed by atoms with Crippen molar-refractivity contribution in [3.63, 3.8) is 0 Å². The molecule has 0 aromatic heterocycles. The van der Waals surface area contributed by atoms with Gasteiger partial charge in [0.05, 0.1) is 23.7 Å². The number of esters is 2. The number of hydrogen-bond acceptors (Lipinski definition) is 10. The number of cyclic esters (lactones) is 1. The molecule has 0 amide bonds. The number of aliphatic hydroxyl groups is 2. The highest BCUT2D eigenvalue weighted by Crippen LogP contribution is 2.63. The van der Waals surface area contributed by atoms with Crippen LogP contribution in [0.15, 0.2) is 34.3 Å². The average molecular weight is 561 g/mol. The number of allylic oxidation sites excluding steroid dienone is 1. The first kappa shape index (κ1) is 30.3. The molecule has 10 heteroatoms. The molecule has 1 aliphatic heterocycles. The van der Waals surface area contributed by atoms with E-state index in [1.807, 2.05) is 25.8 Å². The standard InChI is InChI=1S/C30H44N2O8/c1-8-32(9-2)13-12-31(6)15-18-24-27(36)26(35)23-19-10-11-21(34)29(19,4)14-20(39-17(3)33)25(23)30(24,5)22(16-38-7)40-28(18)37/h15,19-22,34,36H,8-14,16H2,1-7H3/b18-15-. The molecule has 0 bridgehead atoms. The fourth-order valence-corrected chi connectivity index (χ4v) is 7.40. The molecule has 1 saturated carbocycles. The maximum absolute atomic E-state index is 14.1. The number of nitrogens with zero attached hydrogens (tertiary/aromatic N) is 2. The number of ketones is 1. The molecule has 4 aliphatic rings. The second-order valence-electron chi connectivity index (χ2n) is 11.9. The molecule has 0 spiro atoms. The number of likely N-dealkylation sites (N-methyl/N-ethyl adjacent to an activating group) is 2. The summed E-state index contributed by atoms with van der Waals surface area (Å²) in [5, 5.41) is 22.6. The van der Waals surface area contributed by atoms with Crippen LogP contribution in [0.5, 0.6) is 0 Å². The van der Waals surface area contributed by atoms with E-state index in [1.54, 1.807) is 6.20 Å². The summed E-state index contributed by atoms with van der Waals surface area (Å²) in [5.74, 6) is -2.62. The largest absolute Gasteiger partial charge is 0.504 e. The molecule has 0 aromatic carbocycles. The van der Waals surface area contributed by atoms with Gasteiger partial charge in [0.15, 0.2) is 5.76 Å². The van der Waals surface area contributed by atoms with Gasteiger partial charge in [-0.05, 0) is 50.8 Å². The highest BCUT2D eigenvalue weighted by atomic mass is 16.6. The Morgan fingerprint density at radius 3 is 2.45 bits per heavy atom. The lowest BCUT2D eigenvalue weighted by Crippen LogP contribution is -2.57. The predicted octanol–water partition coefficient (Wildman–Crippen LogP) is 2.53. The van der Waals surface area contributed by atoms with E-state index < -0.39 is 52.6 Å². The van der Waals surface area contributed by atoms with Crippen molar-refractivity contribution in [3.8, 4) is 0 Å². The fourth-order valence-electron chi connectivity index (χ4n) is 7.40. The lowest BCUT2D eigenvalue weighted by atomic mass is 9.53. The van der Waals surface area contributed by atoms with E-state index in [-0.39, 0.29) is 23.7 Å². The van der Waals surface area contributed by atoms with Crippen molar-refractivity contribution in [3.05, 3.63) is 34.3 Å². The Morgan fingerprint density at radius 2 is 1.85 bits per heavy atom. The summed E-state index contributed by atoms with van der Waals surface area (Å²) in [6, 6.07) is 0. The molecule has 2 fully saturated rings. The van der Waals surface area contributed by atoms with Gasteiger partial charge in [0, 0.05) is 56.9 Å². The number of methoxy groups -OCH3 is 1. The highest BCUT2D eigenvalue weighted by molar-refractivity contribution is 6.13. The Hall–Kier alpha value is -2.69. The number of fused-ring (bicyclic) bond motifs is 4. The summed E-state index contributed by atoms with van der Waals surface area (Å²) in [6.45, 7) is 12.4. The smallest absolute Gasteiger partial charge is 0.340 e. The molecule has 222 valence electrons. The van der Waals surface area contributed by atoms with Gasteiger partial charge in [-0.15, -0.1) is 0 Å². The van der Waals surface area contributed by atoms with Crippen molar-refractivity contribution >= 4 is 17.7 Å². The van der Waals surface area contributed by atoms with Gasteiger partial charge >= 0.3 is 11.9 Å². The third kappa shape index (κ3) is 4.77. The third-order valence-electron chi connectivity index (χ3n) is 9.67. The number of aliphatic hydroxyl groups excluding tert-OH is 2. The summed E-state index contributed by atoms with van der Waals surface area (Å²) in [5.41, 5.74) is -0.775. The molecule has 2 N–H and O–H groups in total. The van der Waals surface area contributed by atoms with Crippen LogP contribution in [-0.2, 0) is 28.6 Å². The summed E-state index contributed by atoms with van der Waals surface area (Å²) in [7, 11) is 3.33. The zero-order valence-corrected chi connectivity index (χ0v) is 24.8. The van der Waals surface area contributed by atoms with E-state index in [1.165, 1.54) is 14.0 Å². The quantitative estimate of drug-likeness (QED) is 0.321. The first-order chi connectivity index (χ1) is 18.8. The predicted molar refractivity (Wildman–Crippen MR) is 147 cm³/mol. The normalized spacial score (nSPS) is 34.6. The maximum Gasteiger partial charge on any atom is 0.340 e. The van der Waals surface area contributed by atoms with Gasteiger partial charge in [0.25, 0.3) is 0 Å².